The molecule has 1 N–H and O–H groups in total. The highest BCUT2D eigenvalue weighted by Crippen LogP contribution is 2.38. The van der Waals surface area contributed by atoms with Crippen molar-refractivity contribution in [2.45, 2.75) is 40.8 Å². The van der Waals surface area contributed by atoms with Crippen LogP contribution in [0.3, 0.4) is 0 Å². The number of imidazole rings is 1. The van der Waals surface area contributed by atoms with Gasteiger partial charge >= 0.3 is 0 Å². The van der Waals surface area contributed by atoms with E-state index in [2.05, 4.69) is 21.5 Å². The number of fused-ring (bicyclic) bond motifs is 1. The average Bonchev–Trinajstić information content (AvgIpc) is 3.31. The summed E-state index contributed by atoms with van der Waals surface area (Å²) in [5.41, 5.74) is 3.24. The molecule has 9 nitrogen and oxygen atoms in total. The molecule has 0 spiro atoms. The van der Waals surface area contributed by atoms with Gasteiger partial charge in [-0.2, -0.15) is 10.4 Å². The fraction of sp³-hybridized carbons (Fsp3) is 0.429. The summed E-state index contributed by atoms with van der Waals surface area (Å²) in [5.74, 6) is 0.135. The lowest BCUT2D eigenvalue weighted by molar-refractivity contribution is 0.101. The van der Waals surface area contributed by atoms with Gasteiger partial charge in [-0.1, -0.05) is 0 Å². The largest absolute Gasteiger partial charge is 0.334 e. The van der Waals surface area contributed by atoms with Crippen molar-refractivity contribution >= 4 is 31.3 Å². The predicted octanol–water partition coefficient (Wildman–Crippen LogP) is 4.07. The molecule has 10 heteroatoms. The van der Waals surface area contributed by atoms with Crippen LogP contribution in [0.4, 0.5) is 5.95 Å². The molecule has 0 radical (unpaired) electrons. The minimum Gasteiger partial charge on any atom is -0.334 e. The fourth-order valence-corrected chi connectivity index (χ4v) is 4.56. The average molecular weight is 442 g/mol. The monoisotopic (exact) mass is 442 g/mol. The molecular formula is C21H27N6O3P. The van der Waals surface area contributed by atoms with Crippen LogP contribution in [0.25, 0.3) is 11.0 Å². The van der Waals surface area contributed by atoms with Gasteiger partial charge in [0.25, 0.3) is 5.91 Å². The van der Waals surface area contributed by atoms with E-state index >= 15 is 0 Å². The number of aryl methyl sites for hydroxylation is 3. The molecule has 0 saturated carbocycles. The van der Waals surface area contributed by atoms with Crippen LogP contribution >= 0.6 is 8.38 Å². The van der Waals surface area contributed by atoms with Gasteiger partial charge in [-0.25, -0.2) is 4.98 Å². The van der Waals surface area contributed by atoms with Crippen molar-refractivity contribution in [3.05, 3.63) is 41.2 Å². The van der Waals surface area contributed by atoms with Crippen LogP contribution in [0.15, 0.2) is 24.3 Å². The molecule has 0 bridgehead atoms. The van der Waals surface area contributed by atoms with Crippen LogP contribution in [0.2, 0.25) is 0 Å². The van der Waals surface area contributed by atoms with E-state index in [0.29, 0.717) is 55.2 Å². The molecule has 0 unspecified atom stereocenters. The number of rotatable bonds is 10. The molecule has 2 aromatic heterocycles. The lowest BCUT2D eigenvalue weighted by Gasteiger charge is -2.17. The number of carbonyl (C=O) groups excluding carboxylic acids is 1. The zero-order chi connectivity index (χ0) is 22.4. The van der Waals surface area contributed by atoms with Crippen molar-refractivity contribution in [1.82, 2.24) is 19.3 Å². The second-order valence-corrected chi connectivity index (χ2v) is 8.36. The Morgan fingerprint density at radius 2 is 1.97 bits per heavy atom. The SMILES string of the molecule is CCOP(CCn1c(NC(=O)c2cc(C)nn2CC)nc2cc(C#N)ccc21)OCC. The first kappa shape index (κ1) is 22.9. The normalized spacial score (nSPS) is 11.2. The molecule has 31 heavy (non-hydrogen) atoms. The maximum absolute atomic E-state index is 13.0. The summed E-state index contributed by atoms with van der Waals surface area (Å²) >= 11 is 0. The van der Waals surface area contributed by atoms with E-state index in [1.807, 2.05) is 38.3 Å². The van der Waals surface area contributed by atoms with Crippen LogP contribution in [0, 0.1) is 18.3 Å². The van der Waals surface area contributed by atoms with Gasteiger partial charge in [-0.3, -0.25) is 14.8 Å². The quantitative estimate of drug-likeness (QED) is 0.474. The van der Waals surface area contributed by atoms with Crippen molar-refractivity contribution in [2.75, 3.05) is 24.7 Å². The van der Waals surface area contributed by atoms with Crippen LogP contribution in [-0.2, 0) is 22.1 Å². The maximum atomic E-state index is 13.0. The second kappa shape index (κ2) is 10.5. The smallest absolute Gasteiger partial charge is 0.276 e. The molecule has 0 saturated heterocycles. The van der Waals surface area contributed by atoms with Gasteiger partial charge < -0.3 is 13.6 Å². The van der Waals surface area contributed by atoms with E-state index in [1.54, 1.807) is 22.9 Å². The molecule has 164 valence electrons. The highest BCUT2D eigenvalue weighted by molar-refractivity contribution is 7.47. The minimum atomic E-state index is -1.04. The Balaban J connectivity index is 1.94. The molecule has 1 amide bonds. The molecule has 3 aromatic rings. The predicted molar refractivity (Wildman–Crippen MR) is 120 cm³/mol. The number of aromatic nitrogens is 4. The Labute approximate surface area is 182 Å². The lowest BCUT2D eigenvalue weighted by atomic mass is 10.2. The zero-order valence-electron chi connectivity index (χ0n) is 18.3. The molecule has 0 aliphatic rings. The van der Waals surface area contributed by atoms with Gasteiger partial charge in [0.05, 0.1) is 41.6 Å². The lowest BCUT2D eigenvalue weighted by Crippen LogP contribution is -2.20. The van der Waals surface area contributed by atoms with Crippen molar-refractivity contribution in [2.24, 2.45) is 0 Å². The molecule has 0 fully saturated rings. The maximum Gasteiger partial charge on any atom is 0.276 e. The summed E-state index contributed by atoms with van der Waals surface area (Å²) < 4.78 is 15.0. The Kier molecular flexibility index (Phi) is 7.75. The first-order valence-electron chi connectivity index (χ1n) is 10.3. The van der Waals surface area contributed by atoms with E-state index in [0.717, 1.165) is 11.2 Å². The Bertz CT molecular complexity index is 1090. The van der Waals surface area contributed by atoms with Gasteiger partial charge in [0.15, 0.2) is 8.38 Å². The zero-order valence-corrected chi connectivity index (χ0v) is 19.1. The number of nitrogens with one attached hydrogen (secondary N) is 1. The van der Waals surface area contributed by atoms with E-state index in [9.17, 15) is 10.1 Å². The molecule has 0 aliphatic carbocycles. The number of carbonyl (C=O) groups is 1. The summed E-state index contributed by atoms with van der Waals surface area (Å²) in [6.45, 7) is 9.96. The van der Waals surface area contributed by atoms with Crippen LogP contribution in [-0.4, -0.2) is 44.6 Å². The number of anilines is 1. The Morgan fingerprint density at radius 1 is 1.23 bits per heavy atom. The third-order valence-electron chi connectivity index (χ3n) is 4.59. The number of hydrogen-bond donors (Lipinski definition) is 1. The van der Waals surface area contributed by atoms with Crippen molar-refractivity contribution in [3.8, 4) is 6.07 Å². The summed E-state index contributed by atoms with van der Waals surface area (Å²) in [5, 5.41) is 16.5. The van der Waals surface area contributed by atoms with Gasteiger partial charge in [-0.15, -0.1) is 0 Å². The summed E-state index contributed by atoms with van der Waals surface area (Å²) in [7, 11) is -1.04. The van der Waals surface area contributed by atoms with Crippen molar-refractivity contribution in [1.29, 1.82) is 5.26 Å². The van der Waals surface area contributed by atoms with Gasteiger partial charge in [-0.05, 0) is 52.0 Å². The third-order valence-corrected chi connectivity index (χ3v) is 6.25. The summed E-state index contributed by atoms with van der Waals surface area (Å²) in [6, 6.07) is 9.20. The molecule has 2 heterocycles. The van der Waals surface area contributed by atoms with Crippen molar-refractivity contribution < 1.29 is 13.8 Å². The standard InChI is InChI=1S/C21H27N6O3P/c1-5-27-19(12-15(4)25-27)20(28)24-21-23-17-13-16(14-22)8-9-18(17)26(21)10-11-31(29-6-2)30-7-3/h8-9,12-13H,5-7,10-11H2,1-4H3,(H,23,24,28). The molecular weight excluding hydrogens is 415 g/mol. The van der Waals surface area contributed by atoms with Gasteiger partial charge in [0.1, 0.15) is 5.69 Å². The Morgan fingerprint density at radius 3 is 2.61 bits per heavy atom. The van der Waals surface area contributed by atoms with E-state index < -0.39 is 8.38 Å². The van der Waals surface area contributed by atoms with Crippen LogP contribution in [0.5, 0.6) is 0 Å². The van der Waals surface area contributed by atoms with Crippen LogP contribution in [0.1, 0.15) is 42.5 Å². The molecule has 3 rings (SSSR count). The number of hydrogen-bond acceptors (Lipinski definition) is 6. The third kappa shape index (κ3) is 5.28. The number of benzene rings is 1. The number of nitrogens with zero attached hydrogens (tertiary/aromatic N) is 5. The highest BCUT2D eigenvalue weighted by Gasteiger charge is 2.19. The van der Waals surface area contributed by atoms with Crippen molar-refractivity contribution in [3.63, 3.8) is 0 Å². The molecule has 0 aliphatic heterocycles. The summed E-state index contributed by atoms with van der Waals surface area (Å²) in [6.07, 6.45) is 0.650. The molecule has 0 atom stereocenters. The van der Waals surface area contributed by atoms with E-state index in [4.69, 9.17) is 9.05 Å². The van der Waals surface area contributed by atoms with E-state index in [1.165, 1.54) is 0 Å². The fourth-order valence-electron chi connectivity index (χ4n) is 3.29. The first-order chi connectivity index (χ1) is 15.0. The van der Waals surface area contributed by atoms with Gasteiger partial charge in [0, 0.05) is 19.3 Å². The molecule has 1 aromatic carbocycles. The highest BCUT2D eigenvalue weighted by atomic mass is 31.2. The summed E-state index contributed by atoms with van der Waals surface area (Å²) in [4.78, 5) is 17.6. The number of nitriles is 1. The second-order valence-electron chi connectivity index (χ2n) is 6.74. The first-order valence-corrected chi connectivity index (χ1v) is 11.7. The Hall–Kier alpha value is -2.79. The topological polar surface area (TPSA) is 107 Å². The minimum absolute atomic E-state index is 0.281. The number of amides is 1. The van der Waals surface area contributed by atoms with E-state index in [-0.39, 0.29) is 5.91 Å². The van der Waals surface area contributed by atoms with Crippen LogP contribution < -0.4 is 5.32 Å². The van der Waals surface area contributed by atoms with Gasteiger partial charge in [0.2, 0.25) is 5.95 Å².